The zero-order valence-corrected chi connectivity index (χ0v) is 5.43. The average molecular weight is 114 g/mol. The molecule has 1 N–H and O–H groups in total. The Labute approximate surface area is 51.3 Å². The number of aliphatic hydroxyl groups is 1. The van der Waals surface area contributed by atoms with Crippen molar-refractivity contribution >= 4 is 0 Å². The summed E-state index contributed by atoms with van der Waals surface area (Å²) in [5.41, 5.74) is 0. The van der Waals surface area contributed by atoms with E-state index in [4.69, 9.17) is 5.11 Å². The second-order valence-electron chi connectivity index (χ2n) is 1.17. The van der Waals surface area contributed by atoms with Gasteiger partial charge in [-0.25, -0.2) is 0 Å². The van der Waals surface area contributed by atoms with Crippen LogP contribution in [0.15, 0.2) is 25.3 Å². The molecule has 1 heteroatoms. The van der Waals surface area contributed by atoms with Crippen LogP contribution >= 0.6 is 0 Å². The minimum Gasteiger partial charge on any atom is -0.392 e. The van der Waals surface area contributed by atoms with E-state index >= 15 is 0 Å². The Morgan fingerprint density at radius 3 is 1.62 bits per heavy atom. The standard InChI is InChI=1S/C4H8.C3H6O/c1-3-4-2;1-2-3-4/h3H,1,4H2,2H3;2,4H,1,3H2. The Balaban J connectivity index is 0. The summed E-state index contributed by atoms with van der Waals surface area (Å²) in [6.45, 7) is 8.85. The zero-order valence-electron chi connectivity index (χ0n) is 5.43. The smallest absolute Gasteiger partial charge is 0.0609 e. The quantitative estimate of drug-likeness (QED) is 0.542. The van der Waals surface area contributed by atoms with Crippen LogP contribution in [-0.4, -0.2) is 11.7 Å². The molecule has 0 fully saturated rings. The van der Waals surface area contributed by atoms with E-state index in [1.807, 2.05) is 6.08 Å². The average Bonchev–Trinajstić information content (AvgIpc) is 1.88. The molecule has 0 aliphatic carbocycles. The summed E-state index contributed by atoms with van der Waals surface area (Å²) >= 11 is 0. The summed E-state index contributed by atoms with van der Waals surface area (Å²) in [6.07, 6.45) is 4.39. The molecule has 0 unspecified atom stereocenters. The molecule has 0 spiro atoms. The van der Waals surface area contributed by atoms with Crippen molar-refractivity contribution in [2.45, 2.75) is 13.3 Å². The minimum atomic E-state index is 0.0833. The lowest BCUT2D eigenvalue weighted by molar-refractivity contribution is 0.343. The Kier molecular flexibility index (Phi) is 21.0. The molecule has 0 aliphatic rings. The van der Waals surface area contributed by atoms with Crippen molar-refractivity contribution in [1.82, 2.24) is 0 Å². The third-order valence-corrected chi connectivity index (χ3v) is 0.418. The molecule has 0 aromatic carbocycles. The number of allylic oxidation sites excluding steroid dienone is 1. The topological polar surface area (TPSA) is 20.2 Å². The number of hydrogen-bond acceptors (Lipinski definition) is 1. The van der Waals surface area contributed by atoms with Gasteiger partial charge in [0.1, 0.15) is 0 Å². The van der Waals surface area contributed by atoms with Crippen molar-refractivity contribution < 1.29 is 5.11 Å². The predicted molar refractivity (Wildman–Crippen MR) is 37.8 cm³/mol. The molecule has 0 heterocycles. The molecule has 0 aromatic rings. The first kappa shape index (κ1) is 10.4. The van der Waals surface area contributed by atoms with Crippen molar-refractivity contribution in [3.8, 4) is 0 Å². The van der Waals surface area contributed by atoms with Crippen LogP contribution in [0, 0.1) is 0 Å². The fourth-order valence-electron chi connectivity index (χ4n) is 0. The fourth-order valence-corrected chi connectivity index (χ4v) is 0. The SMILES string of the molecule is C=CCC.C=CCO. The van der Waals surface area contributed by atoms with Gasteiger partial charge in [-0.2, -0.15) is 0 Å². The Morgan fingerprint density at radius 2 is 1.62 bits per heavy atom. The summed E-state index contributed by atoms with van der Waals surface area (Å²) in [4.78, 5) is 0. The predicted octanol–water partition coefficient (Wildman–Crippen LogP) is 1.75. The zero-order chi connectivity index (χ0) is 6.83. The molecule has 8 heavy (non-hydrogen) atoms. The molecule has 48 valence electrons. The summed E-state index contributed by atoms with van der Waals surface area (Å²) in [5, 5.41) is 7.76. The van der Waals surface area contributed by atoms with Crippen LogP contribution in [0.2, 0.25) is 0 Å². The van der Waals surface area contributed by atoms with Gasteiger partial charge in [0.2, 0.25) is 0 Å². The molecular formula is C7H14O. The molecule has 0 aromatic heterocycles. The molecule has 0 atom stereocenters. The molecule has 0 amide bonds. The Bertz CT molecular complexity index is 40.3. The molecule has 0 saturated carbocycles. The van der Waals surface area contributed by atoms with E-state index in [-0.39, 0.29) is 6.61 Å². The van der Waals surface area contributed by atoms with Gasteiger partial charge >= 0.3 is 0 Å². The molecular weight excluding hydrogens is 100 g/mol. The van der Waals surface area contributed by atoms with Crippen molar-refractivity contribution in [3.63, 3.8) is 0 Å². The van der Waals surface area contributed by atoms with E-state index in [1.165, 1.54) is 6.08 Å². The first-order valence-electron chi connectivity index (χ1n) is 2.66. The second kappa shape index (κ2) is 16.1. The van der Waals surface area contributed by atoms with E-state index in [2.05, 4.69) is 20.1 Å². The minimum absolute atomic E-state index is 0.0833. The largest absolute Gasteiger partial charge is 0.392 e. The first-order chi connectivity index (χ1) is 3.83. The Hall–Kier alpha value is -0.560. The normalized spacial score (nSPS) is 6.25. The van der Waals surface area contributed by atoms with Crippen LogP contribution in [0.25, 0.3) is 0 Å². The monoisotopic (exact) mass is 114 g/mol. The summed E-state index contributed by atoms with van der Waals surface area (Å²) in [5.74, 6) is 0. The number of hydrogen-bond donors (Lipinski definition) is 1. The molecule has 0 aliphatic heterocycles. The van der Waals surface area contributed by atoms with Crippen LogP contribution in [0.1, 0.15) is 13.3 Å². The molecule has 0 bridgehead atoms. The van der Waals surface area contributed by atoms with Gasteiger partial charge in [0.25, 0.3) is 0 Å². The maximum Gasteiger partial charge on any atom is 0.0609 e. The lowest BCUT2D eigenvalue weighted by Crippen LogP contribution is -1.62. The van der Waals surface area contributed by atoms with Gasteiger partial charge in [-0.1, -0.05) is 19.1 Å². The van der Waals surface area contributed by atoms with E-state index in [0.717, 1.165) is 6.42 Å². The highest BCUT2D eigenvalue weighted by atomic mass is 16.2. The van der Waals surface area contributed by atoms with Gasteiger partial charge in [0.05, 0.1) is 6.61 Å². The second-order valence-corrected chi connectivity index (χ2v) is 1.17. The number of rotatable bonds is 2. The maximum atomic E-state index is 7.76. The molecule has 0 saturated heterocycles. The third kappa shape index (κ3) is 51.7. The fraction of sp³-hybridized carbons (Fsp3) is 0.429. The summed E-state index contributed by atoms with van der Waals surface area (Å²) in [7, 11) is 0. The van der Waals surface area contributed by atoms with E-state index in [9.17, 15) is 0 Å². The maximum absolute atomic E-state index is 7.76. The van der Waals surface area contributed by atoms with E-state index in [0.29, 0.717) is 0 Å². The molecule has 1 nitrogen and oxygen atoms in total. The molecule has 0 radical (unpaired) electrons. The van der Waals surface area contributed by atoms with Gasteiger partial charge in [-0.05, 0) is 6.42 Å². The third-order valence-electron chi connectivity index (χ3n) is 0.418. The van der Waals surface area contributed by atoms with Crippen LogP contribution in [0.3, 0.4) is 0 Å². The van der Waals surface area contributed by atoms with Gasteiger partial charge < -0.3 is 5.11 Å². The highest BCUT2D eigenvalue weighted by Crippen LogP contribution is 1.66. The lowest BCUT2D eigenvalue weighted by atomic mass is 10.5. The van der Waals surface area contributed by atoms with Crippen LogP contribution in [0.5, 0.6) is 0 Å². The summed E-state index contributed by atoms with van der Waals surface area (Å²) < 4.78 is 0. The van der Waals surface area contributed by atoms with Gasteiger partial charge in [0, 0.05) is 0 Å². The van der Waals surface area contributed by atoms with Crippen molar-refractivity contribution in [1.29, 1.82) is 0 Å². The van der Waals surface area contributed by atoms with Gasteiger partial charge in [0.15, 0.2) is 0 Å². The van der Waals surface area contributed by atoms with E-state index < -0.39 is 0 Å². The lowest BCUT2D eigenvalue weighted by Gasteiger charge is -1.60. The van der Waals surface area contributed by atoms with Crippen molar-refractivity contribution in [3.05, 3.63) is 25.3 Å². The highest BCUT2D eigenvalue weighted by molar-refractivity contribution is 4.60. The van der Waals surface area contributed by atoms with Crippen LogP contribution in [-0.2, 0) is 0 Å². The number of aliphatic hydroxyl groups excluding tert-OH is 1. The summed E-state index contributed by atoms with van der Waals surface area (Å²) in [6, 6.07) is 0. The first-order valence-corrected chi connectivity index (χ1v) is 2.66. The van der Waals surface area contributed by atoms with Crippen LogP contribution < -0.4 is 0 Å². The van der Waals surface area contributed by atoms with Crippen LogP contribution in [0.4, 0.5) is 0 Å². The van der Waals surface area contributed by atoms with E-state index in [1.54, 1.807) is 0 Å². The van der Waals surface area contributed by atoms with Gasteiger partial charge in [-0.15, -0.1) is 13.2 Å². The highest BCUT2D eigenvalue weighted by Gasteiger charge is 1.45. The van der Waals surface area contributed by atoms with Gasteiger partial charge in [-0.3, -0.25) is 0 Å². The molecule has 0 rings (SSSR count). The van der Waals surface area contributed by atoms with Crippen molar-refractivity contribution in [2.75, 3.05) is 6.61 Å². The van der Waals surface area contributed by atoms with Crippen molar-refractivity contribution in [2.24, 2.45) is 0 Å². The Morgan fingerprint density at radius 1 is 1.38 bits per heavy atom.